The highest BCUT2D eigenvalue weighted by atomic mass is 32.2. The average Bonchev–Trinajstić information content (AvgIpc) is 2.79. The molecule has 0 radical (unpaired) electrons. The van der Waals surface area contributed by atoms with Gasteiger partial charge in [0.2, 0.25) is 5.91 Å². The van der Waals surface area contributed by atoms with Crippen molar-refractivity contribution in [3.05, 3.63) is 95.6 Å². The number of nitrogens with zero attached hydrogens (tertiary/aromatic N) is 1. The number of aryl methyl sites for hydroxylation is 2. The summed E-state index contributed by atoms with van der Waals surface area (Å²) in [4.78, 5) is 12.9. The zero-order valence-electron chi connectivity index (χ0n) is 18.1. The van der Waals surface area contributed by atoms with Gasteiger partial charge in [0.25, 0.3) is 10.0 Å². The van der Waals surface area contributed by atoms with Crippen molar-refractivity contribution in [2.75, 3.05) is 17.4 Å². The fourth-order valence-corrected chi connectivity index (χ4v) is 4.70. The minimum atomic E-state index is -3.90. The third-order valence-electron chi connectivity index (χ3n) is 5.37. The summed E-state index contributed by atoms with van der Waals surface area (Å²) in [6.45, 7) is 6.05. The Kier molecular flexibility index (Phi) is 7.13. The lowest BCUT2D eigenvalue weighted by Crippen LogP contribution is -2.41. The van der Waals surface area contributed by atoms with Crippen molar-refractivity contribution in [3.63, 3.8) is 0 Å². The van der Waals surface area contributed by atoms with E-state index in [0.717, 1.165) is 16.7 Å². The number of amides is 1. The third-order valence-corrected chi connectivity index (χ3v) is 7.16. The number of carbonyl (C=O) groups is 1. The van der Waals surface area contributed by atoms with Crippen molar-refractivity contribution in [1.29, 1.82) is 0 Å². The van der Waals surface area contributed by atoms with E-state index in [1.54, 1.807) is 42.5 Å². The van der Waals surface area contributed by atoms with E-state index >= 15 is 0 Å². The van der Waals surface area contributed by atoms with Crippen molar-refractivity contribution < 1.29 is 13.2 Å². The molecule has 1 atom stereocenters. The van der Waals surface area contributed by atoms with Gasteiger partial charge in [0, 0.05) is 6.54 Å². The molecule has 0 aromatic heterocycles. The Morgan fingerprint density at radius 3 is 2.13 bits per heavy atom. The molecule has 5 nitrogen and oxygen atoms in total. The van der Waals surface area contributed by atoms with Gasteiger partial charge in [-0.15, -0.1) is 0 Å². The van der Waals surface area contributed by atoms with Crippen LogP contribution in [0.3, 0.4) is 0 Å². The standard InChI is InChI=1S/C25H28N2O3S/c1-19-14-15-23(16-20(19)2)27(31(29,30)24-12-8-5-9-13-24)18-25(28)26-17-21(3)22-10-6-4-7-11-22/h4-16,21H,17-18H2,1-3H3,(H,26,28)/t21-/m0/s1. The van der Waals surface area contributed by atoms with Gasteiger partial charge in [-0.2, -0.15) is 0 Å². The highest BCUT2D eigenvalue weighted by Crippen LogP contribution is 2.25. The van der Waals surface area contributed by atoms with E-state index in [0.29, 0.717) is 12.2 Å². The smallest absolute Gasteiger partial charge is 0.264 e. The van der Waals surface area contributed by atoms with Crippen LogP contribution in [-0.2, 0) is 14.8 Å². The Morgan fingerprint density at radius 2 is 1.52 bits per heavy atom. The predicted molar refractivity (Wildman–Crippen MR) is 125 cm³/mol. The van der Waals surface area contributed by atoms with E-state index in [1.807, 2.05) is 57.2 Å². The molecule has 0 saturated heterocycles. The summed E-state index contributed by atoms with van der Waals surface area (Å²) in [6, 6.07) is 23.5. The lowest BCUT2D eigenvalue weighted by Gasteiger charge is -2.25. The molecule has 0 spiro atoms. The molecule has 6 heteroatoms. The van der Waals surface area contributed by atoms with Crippen molar-refractivity contribution >= 4 is 21.6 Å². The number of sulfonamides is 1. The molecule has 162 valence electrons. The minimum Gasteiger partial charge on any atom is -0.354 e. The van der Waals surface area contributed by atoms with Gasteiger partial charge in [0.05, 0.1) is 10.6 Å². The summed E-state index contributed by atoms with van der Waals surface area (Å²) in [7, 11) is -3.90. The van der Waals surface area contributed by atoms with Crippen molar-refractivity contribution in [1.82, 2.24) is 5.32 Å². The van der Waals surface area contributed by atoms with Crippen LogP contribution in [0, 0.1) is 13.8 Å². The second kappa shape index (κ2) is 9.79. The maximum absolute atomic E-state index is 13.4. The number of hydrogen-bond donors (Lipinski definition) is 1. The maximum Gasteiger partial charge on any atom is 0.264 e. The highest BCUT2D eigenvalue weighted by Gasteiger charge is 2.27. The van der Waals surface area contributed by atoms with Gasteiger partial charge < -0.3 is 5.32 Å². The van der Waals surface area contributed by atoms with Crippen molar-refractivity contribution in [2.24, 2.45) is 0 Å². The SMILES string of the molecule is Cc1ccc(N(CC(=O)NC[C@H](C)c2ccccc2)S(=O)(=O)c2ccccc2)cc1C. The van der Waals surface area contributed by atoms with Crippen LogP contribution in [0.1, 0.15) is 29.5 Å². The van der Waals surface area contributed by atoms with Crippen LogP contribution in [0.25, 0.3) is 0 Å². The van der Waals surface area contributed by atoms with Crippen LogP contribution >= 0.6 is 0 Å². The Hall–Kier alpha value is -3.12. The lowest BCUT2D eigenvalue weighted by molar-refractivity contribution is -0.119. The molecular weight excluding hydrogens is 408 g/mol. The summed E-state index contributed by atoms with van der Waals surface area (Å²) >= 11 is 0. The summed E-state index contributed by atoms with van der Waals surface area (Å²) in [5.41, 5.74) is 3.61. The molecule has 0 aliphatic rings. The topological polar surface area (TPSA) is 66.5 Å². The summed E-state index contributed by atoms with van der Waals surface area (Å²) in [5.74, 6) is -0.230. The predicted octanol–water partition coefficient (Wildman–Crippen LogP) is 4.42. The minimum absolute atomic E-state index is 0.117. The first-order valence-electron chi connectivity index (χ1n) is 10.3. The number of benzene rings is 3. The molecule has 0 bridgehead atoms. The first-order chi connectivity index (χ1) is 14.8. The van der Waals surface area contributed by atoms with E-state index in [2.05, 4.69) is 5.32 Å². The molecule has 0 heterocycles. The van der Waals surface area contributed by atoms with Gasteiger partial charge in [-0.25, -0.2) is 8.42 Å². The van der Waals surface area contributed by atoms with E-state index in [1.165, 1.54) is 4.31 Å². The second-order valence-electron chi connectivity index (χ2n) is 7.71. The Morgan fingerprint density at radius 1 is 0.903 bits per heavy atom. The van der Waals surface area contributed by atoms with Gasteiger partial charge in [-0.1, -0.05) is 61.5 Å². The van der Waals surface area contributed by atoms with Crippen LogP contribution < -0.4 is 9.62 Å². The molecule has 3 aromatic carbocycles. The quantitative estimate of drug-likeness (QED) is 0.568. The van der Waals surface area contributed by atoms with E-state index in [9.17, 15) is 13.2 Å². The van der Waals surface area contributed by atoms with Gasteiger partial charge >= 0.3 is 0 Å². The lowest BCUT2D eigenvalue weighted by atomic mass is 10.0. The second-order valence-corrected chi connectivity index (χ2v) is 9.57. The average molecular weight is 437 g/mol. The van der Waals surface area contributed by atoms with Gasteiger partial charge in [0.1, 0.15) is 6.54 Å². The number of carbonyl (C=O) groups excluding carboxylic acids is 1. The van der Waals surface area contributed by atoms with E-state index < -0.39 is 10.0 Å². The molecule has 3 rings (SSSR count). The third kappa shape index (κ3) is 5.52. The first kappa shape index (κ1) is 22.6. The number of nitrogens with one attached hydrogen (secondary N) is 1. The Bertz CT molecular complexity index is 1130. The fourth-order valence-electron chi connectivity index (χ4n) is 3.27. The molecule has 31 heavy (non-hydrogen) atoms. The number of hydrogen-bond acceptors (Lipinski definition) is 3. The van der Waals surface area contributed by atoms with Crippen LogP contribution in [0.2, 0.25) is 0 Å². The Balaban J connectivity index is 1.83. The number of rotatable bonds is 8. The van der Waals surface area contributed by atoms with Gasteiger partial charge in [-0.3, -0.25) is 9.10 Å². The van der Waals surface area contributed by atoms with Crippen molar-refractivity contribution in [2.45, 2.75) is 31.6 Å². The molecule has 0 aliphatic heterocycles. The highest BCUT2D eigenvalue weighted by molar-refractivity contribution is 7.92. The van der Waals surface area contributed by atoms with E-state index in [-0.39, 0.29) is 23.3 Å². The van der Waals surface area contributed by atoms with Gasteiger partial charge in [0.15, 0.2) is 0 Å². The van der Waals surface area contributed by atoms with Crippen molar-refractivity contribution in [3.8, 4) is 0 Å². The summed E-state index contributed by atoms with van der Waals surface area (Å²) in [5, 5.41) is 2.89. The van der Waals surface area contributed by atoms with E-state index in [4.69, 9.17) is 0 Å². The molecule has 0 fully saturated rings. The van der Waals surface area contributed by atoms with Gasteiger partial charge in [-0.05, 0) is 60.7 Å². The Labute approximate surface area is 184 Å². The summed E-state index contributed by atoms with van der Waals surface area (Å²) < 4.78 is 27.9. The summed E-state index contributed by atoms with van der Waals surface area (Å²) in [6.07, 6.45) is 0. The zero-order valence-corrected chi connectivity index (χ0v) is 18.9. The van der Waals surface area contributed by atoms with Crippen LogP contribution in [0.5, 0.6) is 0 Å². The molecule has 0 aliphatic carbocycles. The molecule has 3 aromatic rings. The molecule has 1 amide bonds. The van der Waals surface area contributed by atoms with Crippen LogP contribution in [-0.4, -0.2) is 27.4 Å². The van der Waals surface area contributed by atoms with Crippen LogP contribution in [0.4, 0.5) is 5.69 Å². The normalized spacial score (nSPS) is 12.2. The maximum atomic E-state index is 13.4. The molecular formula is C25H28N2O3S. The number of anilines is 1. The fraction of sp³-hybridized carbons (Fsp3) is 0.240. The monoisotopic (exact) mass is 436 g/mol. The molecule has 1 N–H and O–H groups in total. The zero-order chi connectivity index (χ0) is 22.4. The first-order valence-corrected chi connectivity index (χ1v) is 11.7. The van der Waals surface area contributed by atoms with Crippen LogP contribution in [0.15, 0.2) is 83.8 Å². The molecule has 0 unspecified atom stereocenters. The molecule has 0 saturated carbocycles. The largest absolute Gasteiger partial charge is 0.354 e.